The van der Waals surface area contributed by atoms with Crippen LogP contribution in [0.1, 0.15) is 48.1 Å². The van der Waals surface area contributed by atoms with Crippen molar-refractivity contribution in [1.29, 1.82) is 0 Å². The summed E-state index contributed by atoms with van der Waals surface area (Å²) in [6.45, 7) is 10.3. The van der Waals surface area contributed by atoms with Crippen LogP contribution in [-0.2, 0) is 6.61 Å². The largest absolute Gasteiger partial charge is 0.489 e. The van der Waals surface area contributed by atoms with Gasteiger partial charge in [0, 0.05) is 11.6 Å². The second-order valence-electron chi connectivity index (χ2n) is 6.13. The Bertz CT molecular complexity index is 657. The highest BCUT2D eigenvalue weighted by Gasteiger charge is 2.14. The van der Waals surface area contributed by atoms with E-state index in [2.05, 4.69) is 24.3 Å². The first kappa shape index (κ1) is 17.1. The number of amides is 1. The first-order valence-corrected chi connectivity index (χ1v) is 7.84. The molecular formula is C18H24N2O3. The number of benzene rings is 1. The van der Waals surface area contributed by atoms with Gasteiger partial charge in [0.2, 0.25) is 0 Å². The Balaban J connectivity index is 2.03. The van der Waals surface area contributed by atoms with Gasteiger partial charge in [0.1, 0.15) is 18.1 Å². The molecule has 0 aliphatic carbocycles. The van der Waals surface area contributed by atoms with Crippen molar-refractivity contribution in [1.82, 2.24) is 10.5 Å². The van der Waals surface area contributed by atoms with Gasteiger partial charge in [-0.2, -0.15) is 0 Å². The van der Waals surface area contributed by atoms with E-state index < -0.39 is 0 Å². The fraction of sp³-hybridized carbons (Fsp3) is 0.444. The summed E-state index contributed by atoms with van der Waals surface area (Å²) in [7, 11) is 0. The Hall–Kier alpha value is -2.30. The lowest BCUT2D eigenvalue weighted by Gasteiger charge is -2.17. The second kappa shape index (κ2) is 7.31. The normalized spacial score (nSPS) is 12.3. The van der Waals surface area contributed by atoms with Crippen molar-refractivity contribution < 1.29 is 14.1 Å². The number of aryl methyl sites for hydroxylation is 2. The lowest BCUT2D eigenvalue weighted by Crippen LogP contribution is -2.36. The van der Waals surface area contributed by atoms with E-state index in [-0.39, 0.29) is 11.9 Å². The zero-order chi connectivity index (χ0) is 17.0. The molecule has 0 saturated heterocycles. The molecule has 2 aromatic rings. The number of rotatable bonds is 6. The third-order valence-corrected chi connectivity index (χ3v) is 4.02. The van der Waals surface area contributed by atoms with Gasteiger partial charge >= 0.3 is 0 Å². The zero-order valence-corrected chi connectivity index (χ0v) is 14.3. The summed E-state index contributed by atoms with van der Waals surface area (Å²) in [6.07, 6.45) is 0. The molecule has 1 amide bonds. The summed E-state index contributed by atoms with van der Waals surface area (Å²) in [5.74, 6) is 1.70. The number of hydrogen-bond acceptors (Lipinski definition) is 4. The van der Waals surface area contributed by atoms with Gasteiger partial charge in [-0.05, 0) is 44.9 Å². The topological polar surface area (TPSA) is 64.4 Å². The van der Waals surface area contributed by atoms with E-state index in [0.29, 0.717) is 23.8 Å². The minimum absolute atomic E-state index is 0.0889. The summed E-state index contributed by atoms with van der Waals surface area (Å²) in [6, 6.07) is 7.30. The Morgan fingerprint density at radius 2 is 2.04 bits per heavy atom. The Kier molecular flexibility index (Phi) is 5.42. The third kappa shape index (κ3) is 4.34. The molecular weight excluding hydrogens is 292 g/mol. The molecule has 2 rings (SSSR count). The van der Waals surface area contributed by atoms with Crippen LogP contribution in [0.5, 0.6) is 5.75 Å². The molecule has 1 atom stereocenters. The highest BCUT2D eigenvalue weighted by molar-refractivity contribution is 5.94. The van der Waals surface area contributed by atoms with Gasteiger partial charge in [-0.3, -0.25) is 4.79 Å². The highest BCUT2D eigenvalue weighted by atomic mass is 16.5. The van der Waals surface area contributed by atoms with Gasteiger partial charge < -0.3 is 14.6 Å². The maximum absolute atomic E-state index is 12.3. The minimum Gasteiger partial charge on any atom is -0.489 e. The molecule has 0 saturated carbocycles. The maximum atomic E-state index is 12.3. The van der Waals surface area contributed by atoms with Crippen LogP contribution in [0.25, 0.3) is 0 Å². The SMILES string of the molecule is Cc1noc(C)c1COc1cccc(C(=O)NC(C)C(C)C)c1. The molecule has 1 aromatic heterocycles. The lowest BCUT2D eigenvalue weighted by atomic mass is 10.1. The average molecular weight is 316 g/mol. The molecule has 5 heteroatoms. The number of nitrogens with one attached hydrogen (secondary N) is 1. The fourth-order valence-corrected chi connectivity index (χ4v) is 2.05. The molecule has 23 heavy (non-hydrogen) atoms. The fourth-order valence-electron chi connectivity index (χ4n) is 2.05. The maximum Gasteiger partial charge on any atom is 0.251 e. The van der Waals surface area contributed by atoms with E-state index in [4.69, 9.17) is 9.26 Å². The van der Waals surface area contributed by atoms with Gasteiger partial charge in [-0.25, -0.2) is 0 Å². The van der Waals surface area contributed by atoms with Crippen molar-refractivity contribution in [2.24, 2.45) is 5.92 Å². The van der Waals surface area contributed by atoms with E-state index in [0.717, 1.165) is 17.0 Å². The smallest absolute Gasteiger partial charge is 0.251 e. The first-order chi connectivity index (χ1) is 10.9. The molecule has 124 valence electrons. The molecule has 0 spiro atoms. The second-order valence-corrected chi connectivity index (χ2v) is 6.13. The monoisotopic (exact) mass is 316 g/mol. The van der Waals surface area contributed by atoms with E-state index in [1.165, 1.54) is 0 Å². The van der Waals surface area contributed by atoms with Crippen LogP contribution < -0.4 is 10.1 Å². The summed E-state index contributed by atoms with van der Waals surface area (Å²) in [5.41, 5.74) is 2.35. The zero-order valence-electron chi connectivity index (χ0n) is 14.3. The number of ether oxygens (including phenoxy) is 1. The van der Waals surface area contributed by atoms with E-state index in [9.17, 15) is 4.79 Å². The molecule has 1 heterocycles. The van der Waals surface area contributed by atoms with Gasteiger partial charge in [0.05, 0.1) is 11.3 Å². The first-order valence-electron chi connectivity index (χ1n) is 7.84. The van der Waals surface area contributed by atoms with Crippen LogP contribution in [0.15, 0.2) is 28.8 Å². The Morgan fingerprint density at radius 3 is 2.65 bits per heavy atom. The number of hydrogen-bond donors (Lipinski definition) is 1. The van der Waals surface area contributed by atoms with Crippen LogP contribution in [0.2, 0.25) is 0 Å². The van der Waals surface area contributed by atoms with Crippen molar-refractivity contribution in [3.05, 3.63) is 46.8 Å². The van der Waals surface area contributed by atoms with Gasteiger partial charge in [-0.15, -0.1) is 0 Å². The highest BCUT2D eigenvalue weighted by Crippen LogP contribution is 2.18. The summed E-state index contributed by atoms with van der Waals surface area (Å²) in [4.78, 5) is 12.3. The predicted molar refractivity (Wildman–Crippen MR) is 88.5 cm³/mol. The number of carbonyl (C=O) groups excluding carboxylic acids is 1. The van der Waals surface area contributed by atoms with Crippen molar-refractivity contribution in [3.8, 4) is 5.75 Å². The van der Waals surface area contributed by atoms with Gasteiger partial charge in [0.25, 0.3) is 5.91 Å². The van der Waals surface area contributed by atoms with Crippen LogP contribution in [-0.4, -0.2) is 17.1 Å². The molecule has 0 aliphatic heterocycles. The summed E-state index contributed by atoms with van der Waals surface area (Å²) in [5, 5.41) is 6.90. The Morgan fingerprint density at radius 1 is 1.30 bits per heavy atom. The molecule has 1 aromatic carbocycles. The standard InChI is InChI=1S/C18H24N2O3/c1-11(2)12(3)19-18(21)15-7-6-8-16(9-15)22-10-17-13(4)20-23-14(17)5/h6-9,11-12H,10H2,1-5H3,(H,19,21). The van der Waals surface area contributed by atoms with Crippen molar-refractivity contribution in [2.75, 3.05) is 0 Å². The minimum atomic E-state index is -0.0889. The molecule has 0 fully saturated rings. The summed E-state index contributed by atoms with van der Waals surface area (Å²) >= 11 is 0. The van der Waals surface area contributed by atoms with Crippen molar-refractivity contribution in [2.45, 2.75) is 47.3 Å². The Labute approximate surface area is 137 Å². The van der Waals surface area contributed by atoms with E-state index in [1.54, 1.807) is 12.1 Å². The molecule has 0 bridgehead atoms. The molecule has 0 radical (unpaired) electrons. The number of carbonyl (C=O) groups is 1. The van der Waals surface area contributed by atoms with Gasteiger partial charge in [0.15, 0.2) is 0 Å². The van der Waals surface area contributed by atoms with Crippen molar-refractivity contribution in [3.63, 3.8) is 0 Å². The number of aromatic nitrogens is 1. The van der Waals surface area contributed by atoms with E-state index in [1.807, 2.05) is 32.9 Å². The van der Waals surface area contributed by atoms with Crippen LogP contribution in [0, 0.1) is 19.8 Å². The average Bonchev–Trinajstić information content (AvgIpc) is 2.84. The lowest BCUT2D eigenvalue weighted by molar-refractivity contribution is 0.0930. The molecule has 1 N–H and O–H groups in total. The molecule has 1 unspecified atom stereocenters. The summed E-state index contributed by atoms with van der Waals surface area (Å²) < 4.78 is 10.9. The number of nitrogens with zero attached hydrogens (tertiary/aromatic N) is 1. The van der Waals surface area contributed by atoms with Crippen LogP contribution >= 0.6 is 0 Å². The van der Waals surface area contributed by atoms with Crippen molar-refractivity contribution >= 4 is 5.91 Å². The molecule has 5 nitrogen and oxygen atoms in total. The van der Waals surface area contributed by atoms with E-state index >= 15 is 0 Å². The van der Waals surface area contributed by atoms with Crippen LogP contribution in [0.4, 0.5) is 0 Å². The van der Waals surface area contributed by atoms with Gasteiger partial charge in [-0.1, -0.05) is 25.1 Å². The predicted octanol–water partition coefficient (Wildman–Crippen LogP) is 3.64. The molecule has 0 aliphatic rings. The quantitative estimate of drug-likeness (QED) is 0.883. The van der Waals surface area contributed by atoms with Crippen LogP contribution in [0.3, 0.4) is 0 Å². The third-order valence-electron chi connectivity index (χ3n) is 4.02.